The highest BCUT2D eigenvalue weighted by Crippen LogP contribution is 2.43. The SMILES string of the molecule is CCCCCCCCC=CCCCCCCCC(=O)OC[C@H](COP(=O)(O)OCC(O)CO)OC(=O)CCCCCCCC=CCCCCCCCC. The van der Waals surface area contributed by atoms with E-state index in [9.17, 15) is 24.2 Å². The number of esters is 2. The monoisotopic (exact) mass is 775 g/mol. The van der Waals surface area contributed by atoms with Crippen molar-refractivity contribution in [1.29, 1.82) is 0 Å². The van der Waals surface area contributed by atoms with Crippen LogP contribution in [0.4, 0.5) is 0 Å². The largest absolute Gasteiger partial charge is 0.472 e. The van der Waals surface area contributed by atoms with Gasteiger partial charge in [0.15, 0.2) is 6.10 Å². The first-order valence-corrected chi connectivity index (χ1v) is 22.8. The van der Waals surface area contributed by atoms with E-state index in [1.54, 1.807) is 0 Å². The Bertz CT molecular complexity index is 941. The van der Waals surface area contributed by atoms with Gasteiger partial charge in [0.05, 0.1) is 19.8 Å². The van der Waals surface area contributed by atoms with Crippen molar-refractivity contribution in [2.45, 2.75) is 206 Å². The molecule has 0 amide bonds. The molecule has 0 aromatic rings. The predicted octanol–water partition coefficient (Wildman–Crippen LogP) is 11.0. The van der Waals surface area contributed by atoms with Crippen LogP contribution in [-0.4, -0.2) is 65.7 Å². The molecule has 10 nitrogen and oxygen atoms in total. The van der Waals surface area contributed by atoms with Gasteiger partial charge in [-0.1, -0.05) is 141 Å². The van der Waals surface area contributed by atoms with Crippen molar-refractivity contribution in [3.63, 3.8) is 0 Å². The molecule has 0 aliphatic rings. The highest BCUT2D eigenvalue weighted by Gasteiger charge is 2.27. The molecule has 3 atom stereocenters. The molecular formula is C42H79O10P. The third-order valence-corrected chi connectivity index (χ3v) is 10.0. The second-order valence-electron chi connectivity index (χ2n) is 14.4. The zero-order valence-electron chi connectivity index (χ0n) is 33.7. The molecule has 0 radical (unpaired) electrons. The number of aliphatic hydroxyl groups excluding tert-OH is 2. The number of unbranched alkanes of at least 4 members (excludes halogenated alkanes) is 22. The zero-order valence-corrected chi connectivity index (χ0v) is 34.6. The van der Waals surface area contributed by atoms with Crippen molar-refractivity contribution in [3.8, 4) is 0 Å². The third kappa shape index (κ3) is 38.5. The number of hydrogen-bond acceptors (Lipinski definition) is 9. The zero-order chi connectivity index (χ0) is 39.1. The molecule has 0 fully saturated rings. The molecule has 0 aliphatic heterocycles. The van der Waals surface area contributed by atoms with Crippen LogP contribution in [0, 0.1) is 0 Å². The van der Waals surface area contributed by atoms with Crippen molar-refractivity contribution in [1.82, 2.24) is 0 Å². The van der Waals surface area contributed by atoms with Crippen LogP contribution in [0.15, 0.2) is 24.3 Å². The molecule has 0 aromatic carbocycles. The molecule has 0 aromatic heterocycles. The average molecular weight is 775 g/mol. The average Bonchev–Trinajstić information content (AvgIpc) is 3.14. The molecule has 0 heterocycles. The molecule has 3 N–H and O–H groups in total. The number of aliphatic hydroxyl groups is 2. The van der Waals surface area contributed by atoms with Crippen LogP contribution in [0.2, 0.25) is 0 Å². The first-order valence-electron chi connectivity index (χ1n) is 21.3. The summed E-state index contributed by atoms with van der Waals surface area (Å²) >= 11 is 0. The smallest absolute Gasteiger partial charge is 0.462 e. The molecule has 11 heteroatoms. The van der Waals surface area contributed by atoms with Crippen molar-refractivity contribution >= 4 is 19.8 Å². The van der Waals surface area contributed by atoms with Crippen molar-refractivity contribution in [3.05, 3.63) is 24.3 Å². The summed E-state index contributed by atoms with van der Waals surface area (Å²) in [5.74, 6) is -0.940. The summed E-state index contributed by atoms with van der Waals surface area (Å²) < 4.78 is 32.7. The van der Waals surface area contributed by atoms with Gasteiger partial charge in [0.1, 0.15) is 12.7 Å². The number of carbonyl (C=O) groups excluding carboxylic acids is 2. The number of allylic oxidation sites excluding steroid dienone is 4. The van der Waals surface area contributed by atoms with E-state index in [4.69, 9.17) is 19.1 Å². The summed E-state index contributed by atoms with van der Waals surface area (Å²) in [5, 5.41) is 18.3. The molecule has 0 aliphatic carbocycles. The van der Waals surface area contributed by atoms with Gasteiger partial charge in [0.2, 0.25) is 0 Å². The van der Waals surface area contributed by atoms with E-state index in [1.165, 1.54) is 83.5 Å². The minimum absolute atomic E-state index is 0.174. The Balaban J connectivity index is 4.33. The number of ether oxygens (including phenoxy) is 2. The Morgan fingerprint density at radius 2 is 0.925 bits per heavy atom. The molecule has 312 valence electrons. The number of carbonyl (C=O) groups is 2. The summed E-state index contributed by atoms with van der Waals surface area (Å²) in [6, 6.07) is 0. The lowest BCUT2D eigenvalue weighted by atomic mass is 10.1. The lowest BCUT2D eigenvalue weighted by molar-refractivity contribution is -0.161. The molecule has 0 spiro atoms. The van der Waals surface area contributed by atoms with Crippen molar-refractivity contribution < 1.29 is 47.8 Å². The van der Waals surface area contributed by atoms with E-state index in [0.29, 0.717) is 12.8 Å². The van der Waals surface area contributed by atoms with Gasteiger partial charge in [-0.25, -0.2) is 4.57 Å². The number of phosphoric acid groups is 1. The van der Waals surface area contributed by atoms with Gasteiger partial charge in [0.25, 0.3) is 0 Å². The lowest BCUT2D eigenvalue weighted by Gasteiger charge is -2.20. The molecule has 2 unspecified atom stereocenters. The Hall–Kier alpha value is -1.55. The predicted molar refractivity (Wildman–Crippen MR) is 215 cm³/mol. The van der Waals surface area contributed by atoms with Crippen LogP contribution in [-0.2, 0) is 32.7 Å². The fourth-order valence-electron chi connectivity index (χ4n) is 5.75. The Kier molecular flexibility index (Phi) is 37.6. The van der Waals surface area contributed by atoms with E-state index < -0.39 is 51.8 Å². The van der Waals surface area contributed by atoms with Crippen LogP contribution in [0.25, 0.3) is 0 Å². The van der Waals surface area contributed by atoms with Crippen LogP contribution >= 0.6 is 7.82 Å². The highest BCUT2D eigenvalue weighted by atomic mass is 31.2. The summed E-state index contributed by atoms with van der Waals surface area (Å²) in [6.45, 7) is 2.36. The maximum Gasteiger partial charge on any atom is 0.472 e. The molecule has 0 saturated carbocycles. The Morgan fingerprint density at radius 1 is 0.547 bits per heavy atom. The van der Waals surface area contributed by atoms with E-state index in [1.807, 2.05) is 0 Å². The van der Waals surface area contributed by atoms with Gasteiger partial charge in [-0.05, 0) is 64.2 Å². The molecular weight excluding hydrogens is 695 g/mol. The molecule has 0 bridgehead atoms. The van der Waals surface area contributed by atoms with Gasteiger partial charge < -0.3 is 24.6 Å². The van der Waals surface area contributed by atoms with E-state index in [2.05, 4.69) is 42.7 Å². The van der Waals surface area contributed by atoms with E-state index in [0.717, 1.165) is 70.6 Å². The van der Waals surface area contributed by atoms with E-state index in [-0.39, 0.29) is 19.4 Å². The van der Waals surface area contributed by atoms with Crippen LogP contribution < -0.4 is 0 Å². The lowest BCUT2D eigenvalue weighted by Crippen LogP contribution is -2.29. The minimum Gasteiger partial charge on any atom is -0.462 e. The first kappa shape index (κ1) is 51.5. The van der Waals surface area contributed by atoms with Crippen LogP contribution in [0.1, 0.15) is 194 Å². The maximum absolute atomic E-state index is 12.6. The van der Waals surface area contributed by atoms with Gasteiger partial charge in [-0.2, -0.15) is 0 Å². The van der Waals surface area contributed by atoms with Crippen LogP contribution in [0.5, 0.6) is 0 Å². The van der Waals surface area contributed by atoms with E-state index >= 15 is 0 Å². The molecule has 0 saturated heterocycles. The van der Waals surface area contributed by atoms with Crippen molar-refractivity contribution in [2.24, 2.45) is 0 Å². The Morgan fingerprint density at radius 3 is 1.36 bits per heavy atom. The van der Waals surface area contributed by atoms with Gasteiger partial charge in [-0.15, -0.1) is 0 Å². The molecule has 53 heavy (non-hydrogen) atoms. The Labute approximate surface area is 323 Å². The second-order valence-corrected chi connectivity index (χ2v) is 15.8. The first-order chi connectivity index (χ1) is 25.7. The quantitative estimate of drug-likeness (QED) is 0.0238. The third-order valence-electron chi connectivity index (χ3n) is 9.08. The number of hydrogen-bond donors (Lipinski definition) is 3. The van der Waals surface area contributed by atoms with Crippen LogP contribution in [0.3, 0.4) is 0 Å². The highest BCUT2D eigenvalue weighted by molar-refractivity contribution is 7.47. The standard InChI is InChI=1S/C42H79O10P/c1-3-5-7-9-11-13-15-17-19-21-23-25-27-29-31-33-41(45)49-37-40(38-51-53(47,48)50-36-39(44)35-43)52-42(46)34-32-30-28-26-24-22-20-18-16-14-12-10-8-6-4-2/h17-20,39-40,43-44H,3-16,21-38H2,1-2H3,(H,47,48)/t39?,40-/m1/s1. The summed E-state index contributed by atoms with van der Waals surface area (Å²) in [6.07, 6.45) is 37.1. The maximum atomic E-state index is 12.6. The minimum atomic E-state index is -4.62. The fraction of sp³-hybridized carbons (Fsp3) is 0.857. The summed E-state index contributed by atoms with van der Waals surface area (Å²) in [5.41, 5.74) is 0. The fourth-order valence-corrected chi connectivity index (χ4v) is 6.54. The number of rotatable bonds is 40. The van der Waals surface area contributed by atoms with Gasteiger partial charge >= 0.3 is 19.8 Å². The number of phosphoric ester groups is 1. The van der Waals surface area contributed by atoms with Gasteiger partial charge in [-0.3, -0.25) is 18.6 Å². The normalized spacial score (nSPS) is 14.1. The summed E-state index contributed by atoms with van der Waals surface area (Å²) in [4.78, 5) is 34.9. The summed E-state index contributed by atoms with van der Waals surface area (Å²) in [7, 11) is -4.62. The topological polar surface area (TPSA) is 149 Å². The van der Waals surface area contributed by atoms with Crippen molar-refractivity contribution in [2.75, 3.05) is 26.4 Å². The molecule has 0 rings (SSSR count). The van der Waals surface area contributed by atoms with Gasteiger partial charge in [0, 0.05) is 12.8 Å². The second kappa shape index (κ2) is 38.7.